The number of nitrogens with one attached hydrogen (secondary N) is 2. The molecule has 0 spiro atoms. The highest BCUT2D eigenvalue weighted by Gasteiger charge is 2.21. The van der Waals surface area contributed by atoms with Crippen molar-refractivity contribution in [2.45, 2.75) is 19.8 Å². The van der Waals surface area contributed by atoms with Gasteiger partial charge in [-0.2, -0.15) is 0 Å². The minimum absolute atomic E-state index is 0.0409. The molecule has 6 nitrogen and oxygen atoms in total. The van der Waals surface area contributed by atoms with E-state index in [4.69, 9.17) is 4.74 Å². The minimum Gasteiger partial charge on any atom is -0.494 e. The highest BCUT2D eigenvalue weighted by Crippen LogP contribution is 2.39. The molecule has 1 aliphatic carbocycles. The van der Waals surface area contributed by atoms with E-state index >= 15 is 0 Å². The number of amides is 1. The molecule has 4 rings (SSSR count). The Morgan fingerprint density at radius 2 is 1.87 bits per heavy atom. The number of hydrogen-bond acceptors (Lipinski definition) is 5. The van der Waals surface area contributed by atoms with Gasteiger partial charge in [0.1, 0.15) is 5.75 Å². The molecule has 3 aromatic rings. The number of ether oxygens (including phenoxy) is 1. The average molecular weight is 443 g/mol. The summed E-state index contributed by atoms with van der Waals surface area (Å²) in [5, 5.41) is 2.88. The van der Waals surface area contributed by atoms with Crippen LogP contribution in [0.25, 0.3) is 10.4 Å². The number of thiophene rings is 1. The van der Waals surface area contributed by atoms with Crippen LogP contribution in [-0.2, 0) is 22.9 Å². The van der Waals surface area contributed by atoms with Crippen molar-refractivity contribution in [2.75, 3.05) is 22.9 Å². The molecule has 156 valence electrons. The van der Waals surface area contributed by atoms with Crippen molar-refractivity contribution in [3.05, 3.63) is 64.5 Å². The number of carbonyl (C=O) groups excluding carboxylic acids is 1. The number of anilines is 2. The fourth-order valence-corrected chi connectivity index (χ4v) is 5.28. The number of fused-ring (bicyclic) bond motifs is 3. The number of carbonyl (C=O) groups is 1. The lowest BCUT2D eigenvalue weighted by atomic mass is 9.91. The fourth-order valence-electron chi connectivity index (χ4n) is 3.47. The second kappa shape index (κ2) is 8.12. The maximum Gasteiger partial charge on any atom is 0.265 e. The summed E-state index contributed by atoms with van der Waals surface area (Å²) in [7, 11) is -1.97. The summed E-state index contributed by atoms with van der Waals surface area (Å²) in [5.41, 5.74) is 4.58. The molecule has 0 bridgehead atoms. The van der Waals surface area contributed by atoms with Crippen LogP contribution in [0.3, 0.4) is 0 Å². The Bertz CT molecular complexity index is 1220. The van der Waals surface area contributed by atoms with Crippen molar-refractivity contribution < 1.29 is 17.9 Å². The lowest BCUT2D eigenvalue weighted by Crippen LogP contribution is -2.15. The van der Waals surface area contributed by atoms with Gasteiger partial charge in [-0.25, -0.2) is 8.42 Å². The van der Waals surface area contributed by atoms with E-state index in [-0.39, 0.29) is 11.7 Å². The molecular weight excluding hydrogens is 420 g/mol. The van der Waals surface area contributed by atoms with Gasteiger partial charge >= 0.3 is 0 Å². The van der Waals surface area contributed by atoms with Crippen LogP contribution in [0.2, 0.25) is 0 Å². The van der Waals surface area contributed by atoms with Gasteiger partial charge in [0.15, 0.2) is 0 Å². The zero-order valence-corrected chi connectivity index (χ0v) is 18.3. The molecule has 0 saturated heterocycles. The predicted molar refractivity (Wildman–Crippen MR) is 121 cm³/mol. The Balaban J connectivity index is 1.56. The molecule has 0 unspecified atom stereocenters. The zero-order chi connectivity index (χ0) is 21.3. The topological polar surface area (TPSA) is 84.5 Å². The molecule has 0 radical (unpaired) electrons. The second-order valence-corrected chi connectivity index (χ2v) is 10.1. The Morgan fingerprint density at radius 1 is 1.10 bits per heavy atom. The summed E-state index contributed by atoms with van der Waals surface area (Å²) in [5.74, 6) is 0.0981. The van der Waals surface area contributed by atoms with Gasteiger partial charge in [-0.05, 0) is 54.7 Å². The van der Waals surface area contributed by atoms with Crippen LogP contribution in [0.1, 0.15) is 27.7 Å². The molecular formula is C22H22N2O4S2. The molecule has 0 fully saturated rings. The average Bonchev–Trinajstić information content (AvgIpc) is 3.20. The third-order valence-electron chi connectivity index (χ3n) is 5.06. The second-order valence-electron chi connectivity index (χ2n) is 7.00. The molecule has 2 aromatic carbocycles. The molecule has 1 aliphatic rings. The molecule has 1 heterocycles. The van der Waals surface area contributed by atoms with Crippen LogP contribution in [0.4, 0.5) is 11.4 Å². The monoisotopic (exact) mass is 442 g/mol. The van der Waals surface area contributed by atoms with Crippen molar-refractivity contribution in [3.63, 3.8) is 0 Å². The van der Waals surface area contributed by atoms with E-state index in [1.54, 1.807) is 25.1 Å². The molecule has 1 aromatic heterocycles. The SMILES string of the molecule is CCS(=O)(=O)Nc1ccc(NC(=O)c2cc3c(s2)-c2ccccc2CC3)cc1OC. The number of benzene rings is 2. The maximum absolute atomic E-state index is 12.9. The summed E-state index contributed by atoms with van der Waals surface area (Å²) in [6.07, 6.45) is 1.91. The lowest BCUT2D eigenvalue weighted by molar-refractivity contribution is 0.103. The molecule has 1 amide bonds. The van der Waals surface area contributed by atoms with E-state index in [2.05, 4.69) is 22.2 Å². The van der Waals surface area contributed by atoms with Gasteiger partial charge in [0.05, 0.1) is 23.4 Å². The number of methoxy groups -OCH3 is 1. The van der Waals surface area contributed by atoms with Crippen LogP contribution in [0.15, 0.2) is 48.5 Å². The first-order valence-electron chi connectivity index (χ1n) is 9.61. The standard InChI is InChI=1S/C22H22N2O4S2/c1-3-30(26,27)24-18-11-10-16(13-19(18)28-2)23-22(25)20-12-15-9-8-14-6-4-5-7-17(14)21(15)29-20/h4-7,10-13,24H,3,8-9H2,1-2H3,(H,23,25). The number of aryl methyl sites for hydroxylation is 2. The van der Waals surface area contributed by atoms with Crippen molar-refractivity contribution in [1.29, 1.82) is 0 Å². The van der Waals surface area contributed by atoms with Crippen molar-refractivity contribution in [1.82, 2.24) is 0 Å². The Labute approximate surface area is 180 Å². The van der Waals surface area contributed by atoms with E-state index in [0.29, 0.717) is 22.0 Å². The Hall–Kier alpha value is -2.84. The zero-order valence-electron chi connectivity index (χ0n) is 16.7. The van der Waals surface area contributed by atoms with Crippen LogP contribution in [0, 0.1) is 0 Å². The van der Waals surface area contributed by atoms with E-state index in [1.807, 2.05) is 18.2 Å². The Morgan fingerprint density at radius 3 is 2.63 bits per heavy atom. The van der Waals surface area contributed by atoms with Gasteiger partial charge < -0.3 is 10.1 Å². The summed E-state index contributed by atoms with van der Waals surface area (Å²) < 4.78 is 31.4. The van der Waals surface area contributed by atoms with Gasteiger partial charge in [-0.15, -0.1) is 11.3 Å². The summed E-state index contributed by atoms with van der Waals surface area (Å²) in [6.45, 7) is 1.56. The maximum atomic E-state index is 12.9. The minimum atomic E-state index is -3.43. The van der Waals surface area contributed by atoms with Gasteiger partial charge in [-0.1, -0.05) is 24.3 Å². The molecule has 0 aliphatic heterocycles. The molecule has 0 atom stereocenters. The molecule has 0 saturated carbocycles. The molecule has 8 heteroatoms. The fraction of sp³-hybridized carbons (Fsp3) is 0.227. The summed E-state index contributed by atoms with van der Waals surface area (Å²) in [4.78, 5) is 14.7. The van der Waals surface area contributed by atoms with Gasteiger partial charge in [-0.3, -0.25) is 9.52 Å². The summed E-state index contributed by atoms with van der Waals surface area (Å²) >= 11 is 1.49. The largest absolute Gasteiger partial charge is 0.494 e. The third kappa shape index (κ3) is 4.06. The number of sulfonamides is 1. The van der Waals surface area contributed by atoms with Gasteiger partial charge in [0.25, 0.3) is 5.91 Å². The first-order chi connectivity index (χ1) is 14.4. The van der Waals surface area contributed by atoms with E-state index in [0.717, 1.165) is 17.7 Å². The Kier molecular flexibility index (Phi) is 5.53. The smallest absolute Gasteiger partial charge is 0.265 e. The van der Waals surface area contributed by atoms with Crippen molar-refractivity contribution in [2.24, 2.45) is 0 Å². The molecule has 2 N–H and O–H groups in total. The van der Waals surface area contributed by atoms with Gasteiger partial charge in [0.2, 0.25) is 10.0 Å². The summed E-state index contributed by atoms with van der Waals surface area (Å²) in [6, 6.07) is 15.1. The quantitative estimate of drug-likeness (QED) is 0.587. The lowest BCUT2D eigenvalue weighted by Gasteiger charge is -2.15. The highest BCUT2D eigenvalue weighted by atomic mass is 32.2. The first-order valence-corrected chi connectivity index (χ1v) is 12.1. The molecule has 30 heavy (non-hydrogen) atoms. The van der Waals surface area contributed by atoms with Crippen LogP contribution in [-0.4, -0.2) is 27.2 Å². The van der Waals surface area contributed by atoms with Crippen LogP contribution >= 0.6 is 11.3 Å². The normalized spacial score (nSPS) is 12.6. The van der Waals surface area contributed by atoms with E-state index in [9.17, 15) is 13.2 Å². The predicted octanol–water partition coefficient (Wildman–Crippen LogP) is 4.54. The van der Waals surface area contributed by atoms with E-state index < -0.39 is 10.0 Å². The third-order valence-corrected chi connectivity index (χ3v) is 7.56. The first kappa shape index (κ1) is 20.4. The van der Waals surface area contributed by atoms with Crippen LogP contribution in [0.5, 0.6) is 5.75 Å². The van der Waals surface area contributed by atoms with Crippen LogP contribution < -0.4 is 14.8 Å². The number of rotatable bonds is 6. The van der Waals surface area contributed by atoms with E-state index in [1.165, 1.54) is 35.1 Å². The van der Waals surface area contributed by atoms with Crippen molar-refractivity contribution in [3.8, 4) is 16.2 Å². The number of hydrogen-bond donors (Lipinski definition) is 2. The van der Waals surface area contributed by atoms with Gasteiger partial charge in [0, 0.05) is 16.6 Å². The van der Waals surface area contributed by atoms with Crippen molar-refractivity contribution >= 4 is 38.6 Å². The highest BCUT2D eigenvalue weighted by molar-refractivity contribution is 7.92.